The fourth-order valence-electron chi connectivity index (χ4n) is 3.90. The van der Waals surface area contributed by atoms with Gasteiger partial charge < -0.3 is 5.32 Å². The van der Waals surface area contributed by atoms with Gasteiger partial charge in [0, 0.05) is 6.04 Å². The van der Waals surface area contributed by atoms with Crippen LogP contribution in [0.3, 0.4) is 0 Å². The van der Waals surface area contributed by atoms with E-state index in [9.17, 15) is 0 Å². The van der Waals surface area contributed by atoms with Gasteiger partial charge in [0.15, 0.2) is 0 Å². The summed E-state index contributed by atoms with van der Waals surface area (Å²) in [5.41, 5.74) is 1.74. The summed E-state index contributed by atoms with van der Waals surface area (Å²) in [6.07, 6.45) is 15.3. The smallest absolute Gasteiger partial charge is 0.0307 e. The van der Waals surface area contributed by atoms with Crippen molar-refractivity contribution >= 4 is 0 Å². The number of nitrogens with one attached hydrogen (secondary N) is 1. The molecule has 0 amide bonds. The van der Waals surface area contributed by atoms with Gasteiger partial charge in [-0.05, 0) is 56.9 Å². The molecular formula is C17H31N. The highest BCUT2D eigenvalue weighted by atomic mass is 14.9. The molecule has 0 spiro atoms. The van der Waals surface area contributed by atoms with Crippen molar-refractivity contribution in [2.24, 2.45) is 11.8 Å². The summed E-state index contributed by atoms with van der Waals surface area (Å²) < 4.78 is 0. The van der Waals surface area contributed by atoms with Gasteiger partial charge in [-0.2, -0.15) is 0 Å². The molecule has 18 heavy (non-hydrogen) atoms. The van der Waals surface area contributed by atoms with Gasteiger partial charge >= 0.3 is 0 Å². The predicted molar refractivity (Wildman–Crippen MR) is 79.8 cm³/mol. The van der Waals surface area contributed by atoms with Gasteiger partial charge in [-0.3, -0.25) is 0 Å². The molecule has 1 saturated carbocycles. The maximum absolute atomic E-state index is 3.79. The van der Waals surface area contributed by atoms with E-state index in [2.05, 4.69) is 25.2 Å². The van der Waals surface area contributed by atoms with Crippen molar-refractivity contribution in [3.8, 4) is 0 Å². The zero-order valence-corrected chi connectivity index (χ0v) is 12.4. The molecule has 0 bridgehead atoms. The summed E-state index contributed by atoms with van der Waals surface area (Å²) in [6.45, 7) is 5.74. The van der Waals surface area contributed by atoms with Crippen molar-refractivity contribution in [1.29, 1.82) is 0 Å². The molecule has 2 rings (SSSR count). The van der Waals surface area contributed by atoms with Crippen LogP contribution in [-0.2, 0) is 0 Å². The molecule has 0 aliphatic heterocycles. The molecule has 0 heterocycles. The third-order valence-corrected chi connectivity index (χ3v) is 5.09. The zero-order chi connectivity index (χ0) is 12.8. The molecule has 104 valence electrons. The lowest BCUT2D eigenvalue weighted by atomic mass is 9.74. The van der Waals surface area contributed by atoms with Crippen molar-refractivity contribution in [1.82, 2.24) is 5.32 Å². The number of rotatable bonds is 5. The van der Waals surface area contributed by atoms with E-state index in [-0.39, 0.29) is 0 Å². The first kappa shape index (κ1) is 14.1. The fourth-order valence-corrected chi connectivity index (χ4v) is 3.90. The minimum Gasteiger partial charge on any atom is -0.310 e. The molecule has 1 heteroatoms. The number of likely N-dealkylation sites (N-methyl/N-ethyl adjacent to an activating group) is 1. The molecule has 1 N–H and O–H groups in total. The lowest BCUT2D eigenvalue weighted by molar-refractivity contribution is 0.231. The van der Waals surface area contributed by atoms with Gasteiger partial charge in [0.05, 0.1) is 0 Å². The van der Waals surface area contributed by atoms with E-state index in [0.717, 1.165) is 18.4 Å². The van der Waals surface area contributed by atoms with Crippen molar-refractivity contribution in [2.45, 2.75) is 77.7 Å². The third kappa shape index (κ3) is 3.60. The highest BCUT2D eigenvalue weighted by molar-refractivity contribution is 5.15. The lowest BCUT2D eigenvalue weighted by Crippen LogP contribution is -2.40. The summed E-state index contributed by atoms with van der Waals surface area (Å²) in [4.78, 5) is 0. The average Bonchev–Trinajstić information content (AvgIpc) is 2.46. The molecule has 0 aromatic carbocycles. The normalized spacial score (nSPS) is 30.9. The minimum atomic E-state index is 0.702. The first-order chi connectivity index (χ1) is 8.85. The van der Waals surface area contributed by atoms with Crippen LogP contribution in [0.15, 0.2) is 11.6 Å². The van der Waals surface area contributed by atoms with Gasteiger partial charge in [-0.25, -0.2) is 0 Å². The fraction of sp³-hybridized carbons (Fsp3) is 0.882. The van der Waals surface area contributed by atoms with Crippen LogP contribution in [0.5, 0.6) is 0 Å². The van der Waals surface area contributed by atoms with E-state index >= 15 is 0 Å². The first-order valence-corrected chi connectivity index (χ1v) is 8.27. The largest absolute Gasteiger partial charge is 0.310 e. The Morgan fingerprint density at radius 3 is 2.50 bits per heavy atom. The molecule has 1 nitrogen and oxygen atoms in total. The molecule has 2 aliphatic rings. The van der Waals surface area contributed by atoms with Crippen molar-refractivity contribution < 1.29 is 0 Å². The van der Waals surface area contributed by atoms with Crippen LogP contribution in [0.4, 0.5) is 0 Å². The first-order valence-electron chi connectivity index (χ1n) is 8.27. The van der Waals surface area contributed by atoms with Gasteiger partial charge in [0.25, 0.3) is 0 Å². The number of hydrogen-bond acceptors (Lipinski definition) is 1. The topological polar surface area (TPSA) is 12.0 Å². The Morgan fingerprint density at radius 2 is 1.94 bits per heavy atom. The van der Waals surface area contributed by atoms with Crippen LogP contribution >= 0.6 is 0 Å². The van der Waals surface area contributed by atoms with Gasteiger partial charge in [0.1, 0.15) is 0 Å². The molecule has 0 radical (unpaired) electrons. The van der Waals surface area contributed by atoms with E-state index in [1.807, 2.05) is 0 Å². The second-order valence-electron chi connectivity index (χ2n) is 6.25. The van der Waals surface area contributed by atoms with Crippen molar-refractivity contribution in [2.75, 3.05) is 6.54 Å². The minimum absolute atomic E-state index is 0.702. The second-order valence-corrected chi connectivity index (χ2v) is 6.25. The van der Waals surface area contributed by atoms with E-state index in [1.54, 1.807) is 5.57 Å². The van der Waals surface area contributed by atoms with Crippen LogP contribution < -0.4 is 5.32 Å². The Kier molecular flexibility index (Phi) is 5.75. The average molecular weight is 249 g/mol. The van der Waals surface area contributed by atoms with E-state index in [4.69, 9.17) is 0 Å². The second kappa shape index (κ2) is 7.33. The molecule has 0 aromatic heterocycles. The number of hydrogen-bond donors (Lipinski definition) is 1. The van der Waals surface area contributed by atoms with E-state index in [1.165, 1.54) is 57.8 Å². The molecule has 0 aromatic rings. The van der Waals surface area contributed by atoms with E-state index in [0.29, 0.717) is 6.04 Å². The van der Waals surface area contributed by atoms with Crippen molar-refractivity contribution in [3.63, 3.8) is 0 Å². The zero-order valence-electron chi connectivity index (χ0n) is 12.4. The standard InChI is InChI=1S/C17H31N/c1-3-14-10-12-16(13-11-14)17(18-4-2)15-8-6-5-7-9-15/h8,14,16-18H,3-7,9-13H2,1-2H3. The molecule has 1 atom stereocenters. The Labute approximate surface area is 113 Å². The van der Waals surface area contributed by atoms with Gasteiger partial charge in [0.2, 0.25) is 0 Å². The van der Waals surface area contributed by atoms with Crippen LogP contribution in [0, 0.1) is 11.8 Å². The Balaban J connectivity index is 1.95. The maximum atomic E-state index is 3.79. The van der Waals surface area contributed by atoms with Gasteiger partial charge in [-0.15, -0.1) is 0 Å². The SMILES string of the molecule is CCNC(C1=CCCCC1)C1CCC(CC)CC1. The quantitative estimate of drug-likeness (QED) is 0.698. The molecule has 2 aliphatic carbocycles. The predicted octanol–water partition coefficient (Wildman–Crippen LogP) is 4.68. The Hall–Kier alpha value is -0.300. The summed E-state index contributed by atoms with van der Waals surface area (Å²) in [6, 6.07) is 0.702. The Bertz CT molecular complexity index is 261. The monoisotopic (exact) mass is 249 g/mol. The highest BCUT2D eigenvalue weighted by Gasteiger charge is 2.28. The van der Waals surface area contributed by atoms with E-state index < -0.39 is 0 Å². The van der Waals surface area contributed by atoms with Crippen LogP contribution in [0.2, 0.25) is 0 Å². The summed E-state index contributed by atoms with van der Waals surface area (Å²) in [5, 5.41) is 3.79. The molecular weight excluding hydrogens is 218 g/mol. The third-order valence-electron chi connectivity index (χ3n) is 5.09. The molecule has 1 unspecified atom stereocenters. The highest BCUT2D eigenvalue weighted by Crippen LogP contribution is 2.36. The maximum Gasteiger partial charge on any atom is 0.0307 e. The Morgan fingerprint density at radius 1 is 1.17 bits per heavy atom. The van der Waals surface area contributed by atoms with Crippen LogP contribution in [-0.4, -0.2) is 12.6 Å². The lowest BCUT2D eigenvalue weighted by Gasteiger charge is -2.36. The summed E-state index contributed by atoms with van der Waals surface area (Å²) in [5.74, 6) is 1.93. The summed E-state index contributed by atoms with van der Waals surface area (Å²) in [7, 11) is 0. The van der Waals surface area contributed by atoms with Crippen molar-refractivity contribution in [3.05, 3.63) is 11.6 Å². The van der Waals surface area contributed by atoms with Crippen LogP contribution in [0.25, 0.3) is 0 Å². The van der Waals surface area contributed by atoms with Crippen LogP contribution in [0.1, 0.15) is 71.6 Å². The number of allylic oxidation sites excluding steroid dienone is 1. The molecule has 1 fully saturated rings. The molecule has 0 saturated heterocycles. The summed E-state index contributed by atoms with van der Waals surface area (Å²) >= 11 is 0. The van der Waals surface area contributed by atoms with Gasteiger partial charge in [-0.1, -0.05) is 44.8 Å².